The van der Waals surface area contributed by atoms with Crippen LogP contribution in [0, 0.1) is 0 Å². The van der Waals surface area contributed by atoms with Gasteiger partial charge in [0, 0.05) is 32.1 Å². The highest BCUT2D eigenvalue weighted by atomic mass is 79.9. The van der Waals surface area contributed by atoms with E-state index in [0.29, 0.717) is 43.0 Å². The van der Waals surface area contributed by atoms with Gasteiger partial charge < -0.3 is 18.9 Å². The highest BCUT2D eigenvalue weighted by Crippen LogP contribution is 2.38. The van der Waals surface area contributed by atoms with Crippen LogP contribution in [0.3, 0.4) is 0 Å². The van der Waals surface area contributed by atoms with Crippen LogP contribution in [0.25, 0.3) is 21.8 Å². The molecule has 3 aromatic carbocycles. The zero-order valence-corrected chi connectivity index (χ0v) is 26.5. The predicted molar refractivity (Wildman–Crippen MR) is 163 cm³/mol. The Morgan fingerprint density at radius 1 is 0.600 bits per heavy atom. The molecule has 0 saturated heterocycles. The maximum Gasteiger partial charge on any atom is 0.349 e. The topological polar surface area (TPSA) is 96.8 Å². The van der Waals surface area contributed by atoms with Crippen LogP contribution in [0.4, 0.5) is 0 Å². The number of pyridine rings is 2. The summed E-state index contributed by atoms with van der Waals surface area (Å²) in [6, 6.07) is 17.4. The summed E-state index contributed by atoms with van der Waals surface area (Å²) in [5.74, 6) is 0.254. The molecule has 0 radical (unpaired) electrons. The van der Waals surface area contributed by atoms with Crippen molar-refractivity contribution in [2.24, 2.45) is 0 Å². The molecule has 0 aliphatic heterocycles. The Labute approximate surface area is 261 Å². The molecule has 0 bridgehead atoms. The van der Waals surface area contributed by atoms with Gasteiger partial charge in [-0.25, -0.2) is 9.59 Å². The minimum absolute atomic E-state index is 0.307. The first-order valence-electron chi connectivity index (χ1n) is 11.5. The Morgan fingerprint density at radius 2 is 1.00 bits per heavy atom. The number of esters is 2. The average Bonchev–Trinajstić information content (AvgIpc) is 2.96. The van der Waals surface area contributed by atoms with Crippen molar-refractivity contribution in [1.82, 2.24) is 9.97 Å². The number of carbonyl (C=O) groups is 2. The Hall–Kier alpha value is -3.06. The summed E-state index contributed by atoms with van der Waals surface area (Å²) in [4.78, 5) is 33.6. The number of halogens is 4. The predicted octanol–water partition coefficient (Wildman–Crippen LogP) is 7.80. The minimum Gasteiger partial charge on any atom is -0.482 e. The molecule has 0 aliphatic rings. The molecule has 0 aliphatic carbocycles. The molecule has 0 unspecified atom stereocenters. The number of aromatic nitrogens is 2. The minimum atomic E-state index is -0.598. The molecule has 12 heteroatoms. The van der Waals surface area contributed by atoms with Gasteiger partial charge in [-0.1, -0.05) is 44.0 Å². The van der Waals surface area contributed by atoms with Crippen molar-refractivity contribution >= 4 is 97.5 Å². The number of hydrogen-bond acceptors (Lipinski definition) is 8. The van der Waals surface area contributed by atoms with Crippen molar-refractivity contribution < 1.29 is 28.5 Å². The molecule has 40 heavy (non-hydrogen) atoms. The second-order valence-corrected chi connectivity index (χ2v) is 11.6. The van der Waals surface area contributed by atoms with E-state index in [1.165, 1.54) is 0 Å². The number of hydrogen-bond donors (Lipinski definition) is 0. The van der Waals surface area contributed by atoms with E-state index in [1.807, 2.05) is 12.1 Å². The van der Waals surface area contributed by atoms with Crippen LogP contribution in [-0.2, 0) is 9.59 Å². The molecule has 202 valence electrons. The summed E-state index contributed by atoms with van der Waals surface area (Å²) in [5.41, 5.74) is 1.07. The van der Waals surface area contributed by atoms with Gasteiger partial charge in [-0.2, -0.15) is 0 Å². The Balaban J connectivity index is 1.15. The Morgan fingerprint density at radius 3 is 1.40 bits per heavy atom. The molecular formula is C28H16Br4N2O6. The van der Waals surface area contributed by atoms with Gasteiger partial charge in [0.1, 0.15) is 22.5 Å². The number of nitrogens with zero attached hydrogens (tertiary/aromatic N) is 2. The Bertz CT molecular complexity index is 1620. The van der Waals surface area contributed by atoms with Gasteiger partial charge in [0.25, 0.3) is 0 Å². The maximum atomic E-state index is 12.5. The highest BCUT2D eigenvalue weighted by molar-refractivity contribution is 9.11. The summed E-state index contributed by atoms with van der Waals surface area (Å²) >= 11 is 13.8. The molecule has 0 spiro atoms. The first-order valence-corrected chi connectivity index (χ1v) is 14.7. The molecule has 0 amide bonds. The van der Waals surface area contributed by atoms with Crippen LogP contribution < -0.4 is 18.9 Å². The summed E-state index contributed by atoms with van der Waals surface area (Å²) in [5, 5.41) is 1.62. The fourth-order valence-corrected chi connectivity index (χ4v) is 6.40. The van der Waals surface area contributed by atoms with E-state index in [2.05, 4.69) is 73.7 Å². The molecule has 5 rings (SSSR count). The third kappa shape index (κ3) is 6.46. The number of fused-ring (bicyclic) bond motifs is 2. The summed E-state index contributed by atoms with van der Waals surface area (Å²) in [7, 11) is 0. The zero-order chi connectivity index (χ0) is 28.2. The molecule has 0 saturated carbocycles. The van der Waals surface area contributed by atoms with E-state index in [9.17, 15) is 9.59 Å². The van der Waals surface area contributed by atoms with Crippen LogP contribution in [0.1, 0.15) is 0 Å². The molecule has 2 heterocycles. The van der Waals surface area contributed by atoms with Crippen molar-refractivity contribution in [1.29, 1.82) is 0 Å². The van der Waals surface area contributed by atoms with Crippen molar-refractivity contribution in [2.75, 3.05) is 13.2 Å². The van der Waals surface area contributed by atoms with Crippen LogP contribution in [0.15, 0.2) is 90.9 Å². The summed E-state index contributed by atoms with van der Waals surface area (Å²) < 4.78 is 25.0. The second kappa shape index (κ2) is 12.6. The van der Waals surface area contributed by atoms with E-state index in [4.69, 9.17) is 18.9 Å². The monoisotopic (exact) mass is 792 g/mol. The van der Waals surface area contributed by atoms with Crippen LogP contribution in [0.2, 0.25) is 0 Å². The molecule has 0 atom stereocenters. The molecule has 8 nitrogen and oxygen atoms in total. The normalized spacial score (nSPS) is 10.9. The van der Waals surface area contributed by atoms with E-state index in [0.717, 1.165) is 19.7 Å². The Kier molecular flexibility index (Phi) is 8.99. The average molecular weight is 796 g/mol. The lowest BCUT2D eigenvalue weighted by atomic mass is 10.2. The quantitative estimate of drug-likeness (QED) is 0.116. The molecule has 5 aromatic rings. The van der Waals surface area contributed by atoms with Crippen molar-refractivity contribution in [3.05, 3.63) is 90.9 Å². The van der Waals surface area contributed by atoms with Crippen molar-refractivity contribution in [3.8, 4) is 23.0 Å². The largest absolute Gasteiger partial charge is 0.482 e. The highest BCUT2D eigenvalue weighted by Gasteiger charge is 2.17. The SMILES string of the molecule is O=C(COc1ccc(OCC(=O)Oc2c(Br)cc(Br)c3cccnc23)cc1)Oc1c(Br)cc(Br)c2cccnc12. The van der Waals surface area contributed by atoms with Gasteiger partial charge in [0.15, 0.2) is 24.7 Å². The third-order valence-electron chi connectivity index (χ3n) is 5.47. The van der Waals surface area contributed by atoms with E-state index in [1.54, 1.807) is 60.9 Å². The van der Waals surface area contributed by atoms with Gasteiger partial charge in [0.05, 0.1) is 8.95 Å². The van der Waals surface area contributed by atoms with Gasteiger partial charge in [0.2, 0.25) is 0 Å². The van der Waals surface area contributed by atoms with Gasteiger partial charge >= 0.3 is 11.9 Å². The molecule has 0 fully saturated rings. The fourth-order valence-electron chi connectivity index (χ4n) is 3.69. The summed E-state index contributed by atoms with van der Waals surface area (Å²) in [6.45, 7) is -0.652. The lowest BCUT2D eigenvalue weighted by Crippen LogP contribution is -2.18. The van der Waals surface area contributed by atoms with E-state index in [-0.39, 0.29) is 13.2 Å². The van der Waals surface area contributed by atoms with Crippen LogP contribution in [0.5, 0.6) is 23.0 Å². The summed E-state index contributed by atoms with van der Waals surface area (Å²) in [6.07, 6.45) is 3.24. The lowest BCUT2D eigenvalue weighted by molar-refractivity contribution is -0.137. The van der Waals surface area contributed by atoms with Crippen molar-refractivity contribution in [2.45, 2.75) is 0 Å². The van der Waals surface area contributed by atoms with Gasteiger partial charge in [-0.15, -0.1) is 0 Å². The van der Waals surface area contributed by atoms with Crippen LogP contribution in [-0.4, -0.2) is 35.1 Å². The van der Waals surface area contributed by atoms with E-state index < -0.39 is 11.9 Å². The standard InChI is InChI=1S/C28H16Br4N2O6/c29-19-11-21(31)27(25-17(19)3-1-9-33-25)39-23(35)13-37-15-5-7-16(8-6-15)38-14-24(36)40-28-22(32)12-20(30)18-4-2-10-34-26(18)28/h1-12H,13-14H2. The lowest BCUT2D eigenvalue weighted by Gasteiger charge is -2.12. The molecule has 0 N–H and O–H groups in total. The third-order valence-corrected chi connectivity index (χ3v) is 7.96. The smallest absolute Gasteiger partial charge is 0.349 e. The van der Waals surface area contributed by atoms with Crippen LogP contribution >= 0.6 is 63.7 Å². The molecular weight excluding hydrogens is 780 g/mol. The van der Waals surface area contributed by atoms with Crippen molar-refractivity contribution in [3.63, 3.8) is 0 Å². The zero-order valence-electron chi connectivity index (χ0n) is 20.2. The van der Waals surface area contributed by atoms with Gasteiger partial charge in [-0.3, -0.25) is 9.97 Å². The second-order valence-electron chi connectivity index (χ2n) is 8.13. The fraction of sp³-hybridized carbons (Fsp3) is 0.0714. The number of benzene rings is 3. The van der Waals surface area contributed by atoms with E-state index >= 15 is 0 Å². The maximum absolute atomic E-state index is 12.5. The number of rotatable bonds is 8. The van der Waals surface area contributed by atoms with Gasteiger partial charge in [-0.05, 0) is 80.4 Å². The first-order chi connectivity index (χ1) is 19.3. The first kappa shape index (κ1) is 28.5. The number of ether oxygens (including phenoxy) is 4. The molecule has 2 aromatic heterocycles. The number of carbonyl (C=O) groups excluding carboxylic acids is 2.